The van der Waals surface area contributed by atoms with Crippen LogP contribution >= 0.6 is 103 Å². The molecule has 4 heterocycles. The lowest BCUT2D eigenvalue weighted by Gasteiger charge is -2.22. The van der Waals surface area contributed by atoms with E-state index in [0.717, 1.165) is 0 Å². The number of hydrogen-bond acceptors (Lipinski definition) is 12. The van der Waals surface area contributed by atoms with Crippen LogP contribution < -0.4 is 44.4 Å². The van der Waals surface area contributed by atoms with E-state index in [0.29, 0.717) is 24.8 Å². The third-order valence-corrected chi connectivity index (χ3v) is 6.26. The molecule has 0 saturated heterocycles. The second-order valence-electron chi connectivity index (χ2n) is 7.68. The Labute approximate surface area is 322 Å². The van der Waals surface area contributed by atoms with E-state index in [9.17, 15) is 38.9 Å². The number of nitro groups is 1. The maximum atomic E-state index is 11.6. The molecule has 0 fully saturated rings. The van der Waals surface area contributed by atoms with Gasteiger partial charge in [0.15, 0.2) is 5.15 Å². The summed E-state index contributed by atoms with van der Waals surface area (Å²) in [5, 5.41) is 9.98. The number of H-pyrrole nitrogens is 6. The van der Waals surface area contributed by atoms with Crippen molar-refractivity contribution in [2.45, 2.75) is 14.9 Å². The molecule has 0 amide bonds. The molecule has 0 aliphatic rings. The van der Waals surface area contributed by atoms with Crippen LogP contribution in [0.2, 0.25) is 31.0 Å². The molecule has 280 valence electrons. The number of halogens is 8. The predicted molar refractivity (Wildman–Crippen MR) is 204 cm³/mol. The number of alkyl halides is 2. The number of anilines is 2. The van der Waals surface area contributed by atoms with E-state index in [2.05, 4.69) is 24.9 Å². The lowest BCUT2D eigenvalue weighted by atomic mass is 10.4. The number of nitrogens with one attached hydrogen (secondary N) is 6. The Hall–Kier alpha value is -3.13. The number of aromatic nitrogens is 8. The van der Waals surface area contributed by atoms with Crippen molar-refractivity contribution < 1.29 is 4.92 Å². The molecule has 0 spiro atoms. The van der Waals surface area contributed by atoms with Gasteiger partial charge >= 0.3 is 28.3 Å². The van der Waals surface area contributed by atoms with E-state index >= 15 is 0 Å². The van der Waals surface area contributed by atoms with Crippen LogP contribution in [0.3, 0.4) is 0 Å². The Balaban J connectivity index is -0.000000590. The molecule has 4 rings (SSSR count). The van der Waals surface area contributed by atoms with Gasteiger partial charge in [-0.2, -0.15) is 9.90 Å². The number of hydrogen-bond donors (Lipinski definition) is 7. The highest BCUT2D eigenvalue weighted by Crippen LogP contribution is 2.17. The Morgan fingerprint density at radius 1 is 0.680 bits per heavy atom. The first-order valence-electron chi connectivity index (χ1n) is 11.6. The summed E-state index contributed by atoms with van der Waals surface area (Å²) in [4.78, 5) is 94.5. The minimum absolute atomic E-state index is 0. The number of rotatable bonds is 6. The van der Waals surface area contributed by atoms with E-state index in [4.69, 9.17) is 98.5 Å². The van der Waals surface area contributed by atoms with Crippen LogP contribution in [0.1, 0.15) is 14.9 Å². The second-order valence-corrected chi connectivity index (χ2v) is 10.7. The zero-order valence-corrected chi connectivity index (χ0v) is 30.7. The van der Waals surface area contributed by atoms with Gasteiger partial charge < -0.3 is 10.6 Å². The number of nitrogens with zero attached hydrogens (tertiary/aromatic N) is 4. The zero-order valence-electron chi connectivity index (χ0n) is 23.3. The summed E-state index contributed by atoms with van der Waals surface area (Å²) in [5.74, 6) is 0.650. The van der Waals surface area contributed by atoms with Gasteiger partial charge in [-0.3, -0.25) is 54.4 Å². The van der Waals surface area contributed by atoms with Crippen LogP contribution in [-0.2, 0) is 0 Å². The van der Waals surface area contributed by atoms with Crippen molar-refractivity contribution in [2.75, 3.05) is 35.5 Å². The maximum Gasteiger partial charge on any atom is 0.368 e. The minimum Gasteiger partial charge on any atom is -0.392 e. The average molecular weight is 889 g/mol. The topological polar surface area (TPSA) is 295 Å². The van der Waals surface area contributed by atoms with Gasteiger partial charge in [0, 0.05) is 30.9 Å². The fourth-order valence-corrected chi connectivity index (χ4v) is 4.52. The summed E-state index contributed by atoms with van der Waals surface area (Å²) in [6.07, 6.45) is 0. The van der Waals surface area contributed by atoms with Crippen molar-refractivity contribution in [2.24, 2.45) is 0 Å². The molecule has 0 aromatic carbocycles. The molecule has 4 aromatic heterocycles. The molecule has 0 bridgehead atoms. The molecular formula is C22H28Cl8N11O8P. The lowest BCUT2D eigenvalue weighted by Crippen LogP contribution is -2.35. The molecule has 0 aliphatic heterocycles. The fourth-order valence-electron chi connectivity index (χ4n) is 2.72. The largest absolute Gasteiger partial charge is 0.392 e. The minimum atomic E-state index is -1.12. The summed E-state index contributed by atoms with van der Waals surface area (Å²) >= 11 is 43.8. The average Bonchev–Trinajstić information content (AvgIpc) is 2.91. The highest BCUT2D eigenvalue weighted by Gasteiger charge is 2.18. The summed E-state index contributed by atoms with van der Waals surface area (Å²) in [6, 6.07) is 1.41. The van der Waals surface area contributed by atoms with Crippen molar-refractivity contribution in [1.29, 1.82) is 0 Å². The Morgan fingerprint density at radius 3 is 1.44 bits per heavy atom. The smallest absolute Gasteiger partial charge is 0.368 e. The van der Waals surface area contributed by atoms with Crippen LogP contribution in [0.5, 0.6) is 0 Å². The van der Waals surface area contributed by atoms with E-state index in [1.54, 1.807) is 9.88 Å². The van der Waals surface area contributed by atoms with Crippen LogP contribution in [0.15, 0.2) is 34.8 Å². The van der Waals surface area contributed by atoms with Crippen LogP contribution in [0.4, 0.5) is 17.1 Å². The first-order valence-corrected chi connectivity index (χ1v) is 14.9. The third-order valence-electron chi connectivity index (χ3n) is 4.52. The fraction of sp³-hybridized carbons (Fsp3) is 0.273. The van der Waals surface area contributed by atoms with Gasteiger partial charge in [-0.05, 0) is 11.6 Å². The third kappa shape index (κ3) is 17.2. The van der Waals surface area contributed by atoms with Gasteiger partial charge in [0.25, 0.3) is 11.1 Å². The summed E-state index contributed by atoms with van der Waals surface area (Å²) in [7, 11) is 0. The number of nitrogen functional groups attached to an aromatic ring is 1. The monoisotopic (exact) mass is 885 g/mol. The van der Waals surface area contributed by atoms with E-state index in [1.807, 2.05) is 9.97 Å². The van der Waals surface area contributed by atoms with E-state index in [-0.39, 0.29) is 62.0 Å². The normalized spacial score (nSPS) is 9.36. The molecule has 0 saturated carbocycles. The molecule has 1 unspecified atom stereocenters. The number of nitrogens with two attached hydrogens (primary N) is 1. The van der Waals surface area contributed by atoms with Gasteiger partial charge in [0.05, 0.1) is 4.92 Å². The SMILES string of the molecule is C.C.Clc1cc(Cl)nc(Cl)n1.Nc1c(Cl)[nH]c(=O)[nH]c1=O.O=c1[nH]c(Cl)c(N(CCCl)CCCl)c(=O)[nH]1.O=c1[nH]c(Cl)c([N+](=O)[O-])c(=O)[nH]1.P. The molecule has 0 radical (unpaired) electrons. The molecule has 0 aliphatic carbocycles. The molecule has 8 N–H and O–H groups in total. The highest BCUT2D eigenvalue weighted by molar-refractivity contribution is 6.92. The molecule has 28 heteroatoms. The van der Waals surface area contributed by atoms with E-state index < -0.39 is 49.5 Å². The second kappa shape index (κ2) is 24.9. The molecule has 50 heavy (non-hydrogen) atoms. The highest BCUT2D eigenvalue weighted by atomic mass is 35.5. The van der Waals surface area contributed by atoms with Crippen molar-refractivity contribution >= 4 is 120 Å². The van der Waals surface area contributed by atoms with Crippen LogP contribution in [0, 0.1) is 10.1 Å². The Morgan fingerprint density at radius 2 is 1.08 bits per heavy atom. The summed E-state index contributed by atoms with van der Waals surface area (Å²) in [6.45, 7) is 0.840. The van der Waals surface area contributed by atoms with Gasteiger partial charge in [-0.1, -0.05) is 72.9 Å². The standard InChI is InChI=1S/C8H10Cl3N3O2.C4HCl3N2.C4H2ClN3O4.C4H4ClN3O2.2CH4.H3P/c9-1-3-14(4-2-10)5-6(11)12-8(16)13-7(5)15;5-2-1-3(6)9-4(7)8-2;5-2-1(8(11)12)3(9)7-4(10)6-2;5-2-1(6)3(9)8-4(10)7-2;;;/h1-4H2,(H2,12,13,15,16);1H;(H2,6,7,9,10);6H2,(H2,7,8,9,10);2*1H4;1H3. The molecule has 4 aromatic rings. The zero-order chi connectivity index (χ0) is 36.0. The lowest BCUT2D eigenvalue weighted by molar-refractivity contribution is -0.386. The first kappa shape index (κ1) is 51.2. The number of aromatic amines is 6. The van der Waals surface area contributed by atoms with Gasteiger partial charge in [0.1, 0.15) is 32.0 Å². The van der Waals surface area contributed by atoms with Gasteiger partial charge in [-0.15, -0.1) is 23.2 Å². The van der Waals surface area contributed by atoms with E-state index in [1.165, 1.54) is 6.07 Å². The maximum absolute atomic E-state index is 11.6. The quantitative estimate of drug-likeness (QED) is 0.0364. The summed E-state index contributed by atoms with van der Waals surface area (Å²) in [5.41, 5.74) is -0.282. The molecule has 19 nitrogen and oxygen atoms in total. The molecular weight excluding hydrogens is 861 g/mol. The van der Waals surface area contributed by atoms with Gasteiger partial charge in [0.2, 0.25) is 5.28 Å². The Kier molecular flexibility index (Phi) is 25.5. The predicted octanol–water partition coefficient (Wildman–Crippen LogP) is 3.69. The summed E-state index contributed by atoms with van der Waals surface area (Å²) < 4.78 is 0. The molecule has 1 atom stereocenters. The van der Waals surface area contributed by atoms with Crippen LogP contribution in [0.25, 0.3) is 0 Å². The Bertz CT molecular complexity index is 2000. The van der Waals surface area contributed by atoms with Gasteiger partial charge in [-0.25, -0.2) is 24.4 Å². The first-order chi connectivity index (χ1) is 21.9. The van der Waals surface area contributed by atoms with Crippen LogP contribution in [-0.4, -0.2) is 69.6 Å². The van der Waals surface area contributed by atoms with Crippen molar-refractivity contribution in [3.8, 4) is 0 Å². The van der Waals surface area contributed by atoms with Crippen molar-refractivity contribution in [3.63, 3.8) is 0 Å². The van der Waals surface area contributed by atoms with Crippen molar-refractivity contribution in [3.05, 3.63) is 110 Å². The van der Waals surface area contributed by atoms with Crippen molar-refractivity contribution in [1.82, 2.24) is 39.9 Å².